The van der Waals surface area contributed by atoms with Crippen LogP contribution in [0.25, 0.3) is 21.1 Å². The Labute approximate surface area is 194 Å². The SMILES string of the molecule is Cc1cccc2sc(N(Cc3ccccc3)C(=O)CCn3cnc4ccccc4c3=O)nc12. The number of hydrogen-bond acceptors (Lipinski definition) is 5. The van der Waals surface area contributed by atoms with Gasteiger partial charge in [-0.1, -0.05) is 65.9 Å². The monoisotopic (exact) mass is 454 g/mol. The average molecular weight is 455 g/mol. The van der Waals surface area contributed by atoms with Crippen LogP contribution in [0.5, 0.6) is 0 Å². The van der Waals surface area contributed by atoms with E-state index in [4.69, 9.17) is 4.98 Å². The van der Waals surface area contributed by atoms with E-state index >= 15 is 0 Å². The first-order valence-electron chi connectivity index (χ1n) is 10.7. The van der Waals surface area contributed by atoms with E-state index in [9.17, 15) is 9.59 Å². The lowest BCUT2D eigenvalue weighted by Crippen LogP contribution is -2.32. The Morgan fingerprint density at radius 1 is 1.00 bits per heavy atom. The smallest absolute Gasteiger partial charge is 0.261 e. The highest BCUT2D eigenvalue weighted by Gasteiger charge is 2.21. The molecule has 3 aromatic carbocycles. The predicted molar refractivity (Wildman–Crippen MR) is 133 cm³/mol. The van der Waals surface area contributed by atoms with E-state index in [2.05, 4.69) is 4.98 Å². The second-order valence-electron chi connectivity index (χ2n) is 7.89. The third-order valence-electron chi connectivity index (χ3n) is 5.62. The van der Waals surface area contributed by atoms with Gasteiger partial charge in [0, 0.05) is 13.0 Å². The fourth-order valence-electron chi connectivity index (χ4n) is 3.83. The lowest BCUT2D eigenvalue weighted by molar-refractivity contribution is -0.119. The van der Waals surface area contributed by atoms with Gasteiger partial charge in [-0.05, 0) is 36.2 Å². The van der Waals surface area contributed by atoms with Gasteiger partial charge in [0.15, 0.2) is 5.13 Å². The molecule has 7 heteroatoms. The number of rotatable bonds is 6. The lowest BCUT2D eigenvalue weighted by atomic mass is 10.2. The number of para-hydroxylation sites is 2. The summed E-state index contributed by atoms with van der Waals surface area (Å²) >= 11 is 1.51. The Morgan fingerprint density at radius 2 is 1.79 bits per heavy atom. The van der Waals surface area contributed by atoms with Crippen LogP contribution in [-0.4, -0.2) is 20.4 Å². The minimum absolute atomic E-state index is 0.0874. The van der Waals surface area contributed by atoms with Crippen LogP contribution in [0.2, 0.25) is 0 Å². The molecule has 1 amide bonds. The molecule has 2 aromatic heterocycles. The first-order valence-corrected chi connectivity index (χ1v) is 11.6. The summed E-state index contributed by atoms with van der Waals surface area (Å²) in [7, 11) is 0. The number of thiazole rings is 1. The lowest BCUT2D eigenvalue weighted by Gasteiger charge is -2.20. The molecule has 0 atom stereocenters. The number of amides is 1. The molecule has 6 nitrogen and oxygen atoms in total. The molecular formula is C26H22N4O2S. The predicted octanol–water partition coefficient (Wildman–Crippen LogP) is 4.94. The average Bonchev–Trinajstić information content (AvgIpc) is 3.28. The quantitative estimate of drug-likeness (QED) is 0.365. The van der Waals surface area contributed by atoms with Crippen molar-refractivity contribution < 1.29 is 4.79 Å². The van der Waals surface area contributed by atoms with Crippen molar-refractivity contribution in [3.05, 3.63) is 101 Å². The van der Waals surface area contributed by atoms with Crippen molar-refractivity contribution in [1.82, 2.24) is 14.5 Å². The number of nitrogens with zero attached hydrogens (tertiary/aromatic N) is 4. The van der Waals surface area contributed by atoms with Crippen LogP contribution >= 0.6 is 11.3 Å². The number of aryl methyl sites for hydroxylation is 2. The highest BCUT2D eigenvalue weighted by Crippen LogP contribution is 2.31. The fraction of sp³-hybridized carbons (Fsp3) is 0.154. The van der Waals surface area contributed by atoms with E-state index in [-0.39, 0.29) is 24.4 Å². The standard InChI is InChI=1S/C26H22N4O2S/c1-18-8-7-13-22-24(18)28-26(33-22)30(16-19-9-3-2-4-10-19)23(31)14-15-29-17-27-21-12-6-5-11-20(21)25(29)32/h2-13,17H,14-16H2,1H3. The minimum Gasteiger partial charge on any atom is -0.298 e. The van der Waals surface area contributed by atoms with Crippen LogP contribution in [0.15, 0.2) is 83.9 Å². The zero-order chi connectivity index (χ0) is 22.8. The molecule has 5 rings (SSSR count). The number of carbonyl (C=O) groups is 1. The van der Waals surface area contributed by atoms with Gasteiger partial charge in [0.2, 0.25) is 5.91 Å². The van der Waals surface area contributed by atoms with Gasteiger partial charge in [-0.15, -0.1) is 0 Å². The topological polar surface area (TPSA) is 68.1 Å². The van der Waals surface area contributed by atoms with Gasteiger partial charge in [-0.25, -0.2) is 9.97 Å². The van der Waals surface area contributed by atoms with E-state index in [1.54, 1.807) is 11.0 Å². The summed E-state index contributed by atoms with van der Waals surface area (Å²) < 4.78 is 2.55. The molecule has 0 unspecified atom stereocenters. The first kappa shape index (κ1) is 21.0. The second kappa shape index (κ2) is 8.96. The molecule has 0 spiro atoms. The zero-order valence-electron chi connectivity index (χ0n) is 18.1. The van der Waals surface area contributed by atoms with Crippen molar-refractivity contribution >= 4 is 43.5 Å². The Morgan fingerprint density at radius 3 is 2.61 bits per heavy atom. The van der Waals surface area contributed by atoms with Crippen molar-refractivity contribution in [2.75, 3.05) is 4.90 Å². The van der Waals surface area contributed by atoms with Crippen molar-refractivity contribution in [2.45, 2.75) is 26.4 Å². The molecule has 0 aliphatic carbocycles. The molecule has 5 aromatic rings. The van der Waals surface area contributed by atoms with E-state index in [0.29, 0.717) is 22.6 Å². The molecule has 0 fully saturated rings. The molecular weight excluding hydrogens is 432 g/mol. The van der Waals surface area contributed by atoms with Crippen molar-refractivity contribution in [3.8, 4) is 0 Å². The number of fused-ring (bicyclic) bond motifs is 2. The summed E-state index contributed by atoms with van der Waals surface area (Å²) in [6, 6.07) is 23.1. The van der Waals surface area contributed by atoms with Gasteiger partial charge in [0.25, 0.3) is 5.56 Å². The van der Waals surface area contributed by atoms with Crippen molar-refractivity contribution in [2.24, 2.45) is 0 Å². The summed E-state index contributed by atoms with van der Waals surface area (Å²) in [5.74, 6) is -0.0874. The van der Waals surface area contributed by atoms with Crippen molar-refractivity contribution in [3.63, 3.8) is 0 Å². The summed E-state index contributed by atoms with van der Waals surface area (Å²) in [5, 5.41) is 1.22. The number of anilines is 1. The fourth-order valence-corrected chi connectivity index (χ4v) is 4.89. The summed E-state index contributed by atoms with van der Waals surface area (Å²) in [6.45, 7) is 2.70. The zero-order valence-corrected chi connectivity index (χ0v) is 19.0. The number of carbonyl (C=O) groups excluding carboxylic acids is 1. The van der Waals surface area contributed by atoms with Crippen LogP contribution in [0.3, 0.4) is 0 Å². The van der Waals surface area contributed by atoms with E-state index in [1.807, 2.05) is 73.7 Å². The van der Waals surface area contributed by atoms with Crippen LogP contribution in [0.1, 0.15) is 17.5 Å². The van der Waals surface area contributed by atoms with Crippen LogP contribution in [-0.2, 0) is 17.9 Å². The van der Waals surface area contributed by atoms with Crippen molar-refractivity contribution in [1.29, 1.82) is 0 Å². The summed E-state index contributed by atoms with van der Waals surface area (Å²) in [6.07, 6.45) is 1.68. The van der Waals surface area contributed by atoms with Crippen LogP contribution in [0, 0.1) is 6.92 Å². The van der Waals surface area contributed by atoms with Crippen LogP contribution in [0.4, 0.5) is 5.13 Å². The molecule has 0 aliphatic rings. The minimum atomic E-state index is -0.140. The van der Waals surface area contributed by atoms with Gasteiger partial charge >= 0.3 is 0 Å². The Hall–Kier alpha value is -3.84. The highest BCUT2D eigenvalue weighted by molar-refractivity contribution is 7.22. The Kier molecular flexibility index (Phi) is 5.71. The molecule has 0 saturated carbocycles. The molecule has 0 radical (unpaired) electrons. The molecule has 33 heavy (non-hydrogen) atoms. The summed E-state index contributed by atoms with van der Waals surface area (Å²) in [5.41, 5.74) is 3.53. The van der Waals surface area contributed by atoms with Gasteiger partial charge < -0.3 is 0 Å². The largest absolute Gasteiger partial charge is 0.298 e. The van der Waals surface area contributed by atoms with Gasteiger partial charge in [0.1, 0.15) is 0 Å². The molecule has 0 bridgehead atoms. The Balaban J connectivity index is 1.44. The number of hydrogen-bond donors (Lipinski definition) is 0. The number of benzene rings is 3. The van der Waals surface area contributed by atoms with Gasteiger partial charge in [-0.2, -0.15) is 0 Å². The molecule has 0 saturated heterocycles. The third-order valence-corrected chi connectivity index (χ3v) is 6.67. The van der Waals surface area contributed by atoms with Gasteiger partial charge in [0.05, 0.1) is 34.0 Å². The Bertz CT molecular complexity index is 1510. The summed E-state index contributed by atoms with van der Waals surface area (Å²) in [4.78, 5) is 37.1. The third kappa shape index (κ3) is 4.27. The first-order chi connectivity index (χ1) is 16.1. The molecule has 164 valence electrons. The second-order valence-corrected chi connectivity index (χ2v) is 8.90. The van der Waals surface area contributed by atoms with E-state index < -0.39 is 0 Å². The van der Waals surface area contributed by atoms with E-state index in [0.717, 1.165) is 21.3 Å². The highest BCUT2D eigenvalue weighted by atomic mass is 32.1. The number of aromatic nitrogens is 3. The molecule has 2 heterocycles. The van der Waals surface area contributed by atoms with E-state index in [1.165, 1.54) is 22.2 Å². The maximum Gasteiger partial charge on any atom is 0.261 e. The van der Waals surface area contributed by atoms with Gasteiger partial charge in [-0.3, -0.25) is 19.1 Å². The molecule has 0 aliphatic heterocycles. The molecule has 0 N–H and O–H groups in total. The maximum absolute atomic E-state index is 13.4. The maximum atomic E-state index is 13.4. The normalized spacial score (nSPS) is 11.2. The van der Waals surface area contributed by atoms with Crippen LogP contribution < -0.4 is 10.5 Å².